The average molecular weight is 509 g/mol. The number of hydrogen-bond donors (Lipinski definition) is 1. The molecule has 0 aliphatic heterocycles. The van der Waals surface area contributed by atoms with E-state index >= 15 is 0 Å². The van der Waals surface area contributed by atoms with E-state index in [0.29, 0.717) is 40.5 Å². The van der Waals surface area contributed by atoms with Crippen molar-refractivity contribution >= 4 is 34.0 Å². The molecule has 0 aromatic heterocycles. The summed E-state index contributed by atoms with van der Waals surface area (Å²) < 4.78 is 16.8. The molecule has 1 N–H and O–H groups in total. The minimum atomic E-state index is -0.530. The lowest BCUT2D eigenvalue weighted by Crippen LogP contribution is -2.17. The Labute approximate surface area is 199 Å². The number of halogens is 1. The monoisotopic (exact) mass is 508 g/mol. The topological polar surface area (TPSA) is 86.2 Å². The molecule has 33 heavy (non-hydrogen) atoms. The quantitative estimate of drug-likeness (QED) is 0.144. The molecule has 3 aromatic rings. The molecule has 0 aliphatic carbocycles. The van der Waals surface area contributed by atoms with Gasteiger partial charge in [-0.3, -0.25) is 4.79 Å². The van der Waals surface area contributed by atoms with Crippen molar-refractivity contribution in [3.63, 3.8) is 0 Å². The molecule has 1 amide bonds. The van der Waals surface area contributed by atoms with Crippen molar-refractivity contribution in [2.45, 2.75) is 0 Å². The van der Waals surface area contributed by atoms with Gasteiger partial charge in [0, 0.05) is 15.6 Å². The van der Waals surface area contributed by atoms with Crippen LogP contribution >= 0.6 is 15.9 Å². The highest BCUT2D eigenvalue weighted by Crippen LogP contribution is 2.23. The molecular formula is C25H21BrN2O5. The Morgan fingerprint density at radius 2 is 1.67 bits per heavy atom. The van der Waals surface area contributed by atoms with Gasteiger partial charge in [-0.2, -0.15) is 5.10 Å². The van der Waals surface area contributed by atoms with E-state index in [9.17, 15) is 9.59 Å². The highest BCUT2D eigenvalue weighted by atomic mass is 79.9. The van der Waals surface area contributed by atoms with Crippen LogP contribution in [0.25, 0.3) is 0 Å². The van der Waals surface area contributed by atoms with Crippen LogP contribution in [0.1, 0.15) is 26.3 Å². The zero-order chi connectivity index (χ0) is 23.6. The Bertz CT molecular complexity index is 1160. The largest absolute Gasteiger partial charge is 0.497 e. The van der Waals surface area contributed by atoms with Gasteiger partial charge in [-0.05, 0) is 66.7 Å². The molecule has 3 aromatic carbocycles. The molecule has 3 rings (SSSR count). The lowest BCUT2D eigenvalue weighted by atomic mass is 10.2. The normalized spacial score (nSPS) is 10.5. The third kappa shape index (κ3) is 6.78. The fourth-order valence-electron chi connectivity index (χ4n) is 2.68. The van der Waals surface area contributed by atoms with E-state index in [1.165, 1.54) is 6.21 Å². The van der Waals surface area contributed by atoms with Gasteiger partial charge in [0.05, 0.1) is 18.9 Å². The Morgan fingerprint density at radius 1 is 1.00 bits per heavy atom. The third-order valence-electron chi connectivity index (χ3n) is 4.35. The number of carbonyl (C=O) groups excluding carboxylic acids is 2. The number of methoxy groups -OCH3 is 1. The fourth-order valence-corrected chi connectivity index (χ4v) is 3.06. The van der Waals surface area contributed by atoms with Crippen LogP contribution in [0.2, 0.25) is 0 Å². The molecule has 0 unspecified atom stereocenters. The van der Waals surface area contributed by atoms with Gasteiger partial charge < -0.3 is 14.2 Å². The standard InChI is InChI=1S/C25H21BrN2O5/c1-3-14-32-22-11-4-17(5-12-22)24(29)28-27-16-19-15-20(26)8-13-23(19)33-25(30)18-6-9-21(31-2)10-7-18/h3-13,15-16H,1,14H2,2H3,(H,28,29). The van der Waals surface area contributed by atoms with Crippen molar-refractivity contribution in [2.75, 3.05) is 13.7 Å². The van der Waals surface area contributed by atoms with E-state index in [4.69, 9.17) is 14.2 Å². The number of carbonyl (C=O) groups is 2. The smallest absolute Gasteiger partial charge is 0.343 e. The van der Waals surface area contributed by atoms with Crippen LogP contribution in [0, 0.1) is 0 Å². The Morgan fingerprint density at radius 3 is 2.33 bits per heavy atom. The summed E-state index contributed by atoms with van der Waals surface area (Å²) in [6.45, 7) is 3.97. The van der Waals surface area contributed by atoms with E-state index in [0.717, 1.165) is 4.47 Å². The van der Waals surface area contributed by atoms with Gasteiger partial charge in [0.2, 0.25) is 0 Å². The maximum atomic E-state index is 12.5. The van der Waals surface area contributed by atoms with Gasteiger partial charge in [0.1, 0.15) is 23.9 Å². The molecule has 0 heterocycles. The Balaban J connectivity index is 1.67. The maximum absolute atomic E-state index is 12.5. The first kappa shape index (κ1) is 23.7. The zero-order valence-electron chi connectivity index (χ0n) is 17.8. The van der Waals surface area contributed by atoms with Crippen LogP contribution in [0.5, 0.6) is 17.2 Å². The number of hydrazone groups is 1. The predicted molar refractivity (Wildman–Crippen MR) is 129 cm³/mol. The fraction of sp³-hybridized carbons (Fsp3) is 0.0800. The van der Waals surface area contributed by atoms with Crippen molar-refractivity contribution in [3.8, 4) is 17.2 Å². The predicted octanol–water partition coefficient (Wildman–Crippen LogP) is 5.01. The molecule has 0 spiro atoms. The summed E-state index contributed by atoms with van der Waals surface area (Å²) in [5.41, 5.74) is 3.74. The van der Waals surface area contributed by atoms with Crippen molar-refractivity contribution < 1.29 is 23.8 Å². The van der Waals surface area contributed by atoms with E-state index in [-0.39, 0.29) is 0 Å². The number of amides is 1. The third-order valence-corrected chi connectivity index (χ3v) is 4.85. The van der Waals surface area contributed by atoms with Crippen molar-refractivity contribution in [1.29, 1.82) is 0 Å². The molecule has 0 radical (unpaired) electrons. The van der Waals surface area contributed by atoms with Crippen molar-refractivity contribution in [1.82, 2.24) is 5.43 Å². The number of rotatable bonds is 9. The number of hydrogen-bond acceptors (Lipinski definition) is 6. The minimum absolute atomic E-state index is 0.292. The van der Waals surface area contributed by atoms with Gasteiger partial charge in [0.15, 0.2) is 0 Å². The summed E-state index contributed by atoms with van der Waals surface area (Å²) in [6, 6.07) is 18.3. The molecule has 0 aliphatic rings. The van der Waals surface area contributed by atoms with Gasteiger partial charge in [-0.25, -0.2) is 10.2 Å². The molecule has 8 heteroatoms. The minimum Gasteiger partial charge on any atom is -0.497 e. The highest BCUT2D eigenvalue weighted by Gasteiger charge is 2.12. The summed E-state index contributed by atoms with van der Waals surface area (Å²) in [5.74, 6) is 0.636. The molecule has 0 atom stereocenters. The SMILES string of the molecule is C=CCOc1ccc(C(=O)NN=Cc2cc(Br)ccc2OC(=O)c2ccc(OC)cc2)cc1. The molecule has 168 valence electrons. The van der Waals surface area contributed by atoms with Gasteiger partial charge in [-0.15, -0.1) is 0 Å². The number of nitrogens with zero attached hydrogens (tertiary/aromatic N) is 1. The first-order valence-corrected chi connectivity index (χ1v) is 10.6. The van der Waals surface area contributed by atoms with Crippen LogP contribution in [0.4, 0.5) is 0 Å². The summed E-state index contributed by atoms with van der Waals surface area (Å²) in [4.78, 5) is 24.8. The Kier molecular flexibility index (Phi) is 8.37. The molecular weight excluding hydrogens is 488 g/mol. The van der Waals surface area contributed by atoms with E-state index < -0.39 is 11.9 Å². The highest BCUT2D eigenvalue weighted by molar-refractivity contribution is 9.10. The van der Waals surface area contributed by atoms with Crippen molar-refractivity contribution in [3.05, 3.63) is 101 Å². The van der Waals surface area contributed by atoms with Gasteiger partial charge in [0.25, 0.3) is 5.91 Å². The molecule has 0 fully saturated rings. The van der Waals surface area contributed by atoms with Crippen LogP contribution in [0.3, 0.4) is 0 Å². The van der Waals surface area contributed by atoms with E-state index in [2.05, 4.69) is 33.0 Å². The maximum Gasteiger partial charge on any atom is 0.343 e. The van der Waals surface area contributed by atoms with Crippen LogP contribution in [-0.2, 0) is 0 Å². The second kappa shape index (κ2) is 11.6. The molecule has 0 bridgehead atoms. The average Bonchev–Trinajstić information content (AvgIpc) is 2.84. The van der Waals surface area contributed by atoms with E-state index in [1.807, 2.05) is 0 Å². The number of benzene rings is 3. The first-order chi connectivity index (χ1) is 16.0. The van der Waals surface area contributed by atoms with Crippen LogP contribution in [0.15, 0.2) is 89.0 Å². The second-order valence-corrected chi connectivity index (χ2v) is 7.54. The molecule has 7 nitrogen and oxygen atoms in total. The van der Waals surface area contributed by atoms with Gasteiger partial charge >= 0.3 is 5.97 Å². The Hall–Kier alpha value is -3.91. The lowest BCUT2D eigenvalue weighted by Gasteiger charge is -2.09. The van der Waals surface area contributed by atoms with Crippen molar-refractivity contribution in [2.24, 2.45) is 5.10 Å². The first-order valence-electron chi connectivity index (χ1n) is 9.83. The summed E-state index contributed by atoms with van der Waals surface area (Å²) in [5, 5.41) is 4.00. The summed E-state index contributed by atoms with van der Waals surface area (Å²) >= 11 is 3.38. The van der Waals surface area contributed by atoms with E-state index in [1.54, 1.807) is 79.9 Å². The zero-order valence-corrected chi connectivity index (χ0v) is 19.4. The van der Waals surface area contributed by atoms with Gasteiger partial charge in [-0.1, -0.05) is 28.6 Å². The number of esters is 1. The summed E-state index contributed by atoms with van der Waals surface area (Å²) in [6.07, 6.45) is 3.04. The number of nitrogens with one attached hydrogen (secondary N) is 1. The molecule has 0 saturated carbocycles. The number of ether oxygens (including phenoxy) is 3. The summed E-state index contributed by atoms with van der Waals surface area (Å²) in [7, 11) is 1.55. The van der Waals surface area contributed by atoms with Crippen LogP contribution < -0.4 is 19.6 Å². The molecule has 0 saturated heterocycles. The lowest BCUT2D eigenvalue weighted by molar-refractivity contribution is 0.0734. The van der Waals surface area contributed by atoms with Crippen LogP contribution in [-0.4, -0.2) is 31.8 Å². The second-order valence-electron chi connectivity index (χ2n) is 6.62.